The van der Waals surface area contributed by atoms with Gasteiger partial charge in [-0.15, -0.1) is 0 Å². The van der Waals surface area contributed by atoms with Gasteiger partial charge in [-0.1, -0.05) is 60.7 Å². The van der Waals surface area contributed by atoms with Crippen molar-refractivity contribution < 1.29 is 44.2 Å². The maximum Gasteiger partial charge on any atom is 0.408 e. The van der Waals surface area contributed by atoms with E-state index in [1.807, 2.05) is 12.1 Å². The average molecular weight is 461 g/mol. The van der Waals surface area contributed by atoms with Crippen LogP contribution >= 0.6 is 0 Å². The van der Waals surface area contributed by atoms with Gasteiger partial charge in [-0.05, 0) is 11.1 Å². The Morgan fingerprint density at radius 1 is 0.848 bits per heavy atom. The second-order valence-corrected chi connectivity index (χ2v) is 7.62. The summed E-state index contributed by atoms with van der Waals surface area (Å²) in [7, 11) is 0. The molecule has 0 aromatic heterocycles. The zero-order chi connectivity index (χ0) is 23.8. The molecule has 0 radical (unpaired) electrons. The Labute approximate surface area is 190 Å². The lowest BCUT2D eigenvalue weighted by Gasteiger charge is -2.38. The summed E-state index contributed by atoms with van der Waals surface area (Å²) in [5.41, 5.74) is 1.53. The molecule has 1 amide bonds. The van der Waals surface area contributed by atoms with E-state index < -0.39 is 55.4 Å². The molecule has 5 N–H and O–H groups in total. The number of esters is 1. The molecule has 1 aliphatic rings. The fourth-order valence-corrected chi connectivity index (χ4v) is 3.28. The van der Waals surface area contributed by atoms with Crippen molar-refractivity contribution in [1.82, 2.24) is 5.32 Å². The standard InChI is InChI=1S/C23H27NO9/c25-18-17(33-22(29)20(27)19(18)26)13-31-21(28)16(11-14-7-3-1-4-8-14)24-23(30)32-12-15-9-5-2-6-10-15/h1-10,16-20,22,25-27,29H,11-13H2,(H,24,30). The second-order valence-electron chi connectivity index (χ2n) is 7.62. The van der Waals surface area contributed by atoms with Gasteiger partial charge in [-0.2, -0.15) is 0 Å². The highest BCUT2D eigenvalue weighted by Crippen LogP contribution is 2.20. The molecule has 2 aromatic rings. The molecule has 0 saturated carbocycles. The second kappa shape index (κ2) is 11.7. The number of carbonyl (C=O) groups excluding carboxylic acids is 2. The molecule has 0 aliphatic carbocycles. The van der Waals surface area contributed by atoms with Gasteiger partial charge < -0.3 is 40.0 Å². The Balaban J connectivity index is 1.60. The third-order valence-electron chi connectivity index (χ3n) is 5.15. The van der Waals surface area contributed by atoms with E-state index in [2.05, 4.69) is 5.32 Å². The van der Waals surface area contributed by atoms with Crippen LogP contribution in [0, 0.1) is 0 Å². The minimum Gasteiger partial charge on any atom is -0.461 e. The van der Waals surface area contributed by atoms with Crippen molar-refractivity contribution in [2.24, 2.45) is 0 Å². The van der Waals surface area contributed by atoms with Crippen LogP contribution in [0.4, 0.5) is 4.79 Å². The van der Waals surface area contributed by atoms with Crippen LogP contribution in [0.25, 0.3) is 0 Å². The first-order valence-electron chi connectivity index (χ1n) is 10.4. The van der Waals surface area contributed by atoms with Crippen LogP contribution in [0.1, 0.15) is 11.1 Å². The molecule has 1 heterocycles. The van der Waals surface area contributed by atoms with Crippen molar-refractivity contribution in [1.29, 1.82) is 0 Å². The first kappa shape index (κ1) is 24.6. The molecule has 6 atom stereocenters. The Morgan fingerprint density at radius 3 is 2.09 bits per heavy atom. The molecule has 0 spiro atoms. The molecule has 2 aromatic carbocycles. The van der Waals surface area contributed by atoms with Crippen LogP contribution in [0.2, 0.25) is 0 Å². The summed E-state index contributed by atoms with van der Waals surface area (Å²) in [5, 5.41) is 41.4. The molecular weight excluding hydrogens is 434 g/mol. The molecule has 1 fully saturated rings. The number of aliphatic hydroxyl groups excluding tert-OH is 4. The van der Waals surface area contributed by atoms with Gasteiger partial charge in [0.1, 0.15) is 43.7 Å². The number of hydrogen-bond acceptors (Lipinski definition) is 9. The Morgan fingerprint density at radius 2 is 1.45 bits per heavy atom. The van der Waals surface area contributed by atoms with Crippen molar-refractivity contribution in [3.05, 3.63) is 71.8 Å². The van der Waals surface area contributed by atoms with Gasteiger partial charge in [-0.25, -0.2) is 9.59 Å². The number of hydrogen-bond donors (Lipinski definition) is 5. The zero-order valence-electron chi connectivity index (χ0n) is 17.7. The van der Waals surface area contributed by atoms with Gasteiger partial charge in [0.2, 0.25) is 0 Å². The quantitative estimate of drug-likeness (QED) is 0.338. The molecule has 178 valence electrons. The maximum atomic E-state index is 12.7. The largest absolute Gasteiger partial charge is 0.461 e. The monoisotopic (exact) mass is 461 g/mol. The molecule has 3 rings (SSSR count). The highest BCUT2D eigenvalue weighted by Gasteiger charge is 2.43. The summed E-state index contributed by atoms with van der Waals surface area (Å²) in [6.07, 6.45) is -8.70. The van der Waals surface area contributed by atoms with E-state index in [4.69, 9.17) is 14.2 Å². The van der Waals surface area contributed by atoms with E-state index in [9.17, 15) is 30.0 Å². The number of aliphatic hydroxyl groups is 4. The molecule has 10 nitrogen and oxygen atoms in total. The van der Waals surface area contributed by atoms with Crippen LogP contribution in [-0.2, 0) is 32.0 Å². The smallest absolute Gasteiger partial charge is 0.408 e. The molecule has 6 unspecified atom stereocenters. The van der Waals surface area contributed by atoms with Gasteiger partial charge in [0.05, 0.1) is 0 Å². The topological polar surface area (TPSA) is 155 Å². The van der Waals surface area contributed by atoms with Gasteiger partial charge in [0.25, 0.3) is 0 Å². The predicted molar refractivity (Wildman–Crippen MR) is 114 cm³/mol. The van der Waals surface area contributed by atoms with E-state index in [-0.39, 0.29) is 13.0 Å². The van der Waals surface area contributed by atoms with Crippen LogP contribution in [0.5, 0.6) is 0 Å². The lowest BCUT2D eigenvalue weighted by atomic mass is 9.99. The van der Waals surface area contributed by atoms with E-state index in [0.717, 1.165) is 11.1 Å². The molecular formula is C23H27NO9. The highest BCUT2D eigenvalue weighted by molar-refractivity contribution is 5.81. The van der Waals surface area contributed by atoms with E-state index in [1.54, 1.807) is 48.5 Å². The number of alkyl carbamates (subject to hydrolysis) is 1. The third-order valence-corrected chi connectivity index (χ3v) is 5.15. The molecule has 1 saturated heterocycles. The summed E-state index contributed by atoms with van der Waals surface area (Å²) in [6, 6.07) is 16.8. The first-order valence-corrected chi connectivity index (χ1v) is 10.4. The number of rotatable bonds is 8. The maximum absolute atomic E-state index is 12.7. The molecule has 0 bridgehead atoms. The number of amides is 1. The van der Waals surface area contributed by atoms with Crippen molar-refractivity contribution in [3.8, 4) is 0 Å². The zero-order valence-corrected chi connectivity index (χ0v) is 17.7. The van der Waals surface area contributed by atoms with Crippen molar-refractivity contribution in [2.45, 2.75) is 49.8 Å². The Hall–Kier alpha value is -3.02. The fraction of sp³-hybridized carbons (Fsp3) is 0.391. The van der Waals surface area contributed by atoms with E-state index in [0.29, 0.717) is 0 Å². The van der Waals surface area contributed by atoms with Gasteiger partial charge >= 0.3 is 12.1 Å². The lowest BCUT2D eigenvalue weighted by molar-refractivity contribution is -0.287. The van der Waals surface area contributed by atoms with Crippen LogP contribution in [0.15, 0.2) is 60.7 Å². The normalized spacial score (nSPS) is 25.6. The van der Waals surface area contributed by atoms with Gasteiger partial charge in [0.15, 0.2) is 6.29 Å². The molecule has 10 heteroatoms. The highest BCUT2D eigenvalue weighted by atomic mass is 16.7. The van der Waals surface area contributed by atoms with Crippen molar-refractivity contribution in [3.63, 3.8) is 0 Å². The minimum absolute atomic E-state index is 0.0139. The van der Waals surface area contributed by atoms with Crippen LogP contribution in [0.3, 0.4) is 0 Å². The lowest BCUT2D eigenvalue weighted by Crippen LogP contribution is -2.59. The first-order chi connectivity index (χ1) is 15.8. The summed E-state index contributed by atoms with van der Waals surface area (Å²) < 4.78 is 15.4. The SMILES string of the molecule is O=C(NC(Cc1ccccc1)C(=O)OCC1OC(O)C(O)C(O)C1O)OCc1ccccc1. The number of benzene rings is 2. The van der Waals surface area contributed by atoms with Crippen LogP contribution < -0.4 is 5.32 Å². The fourth-order valence-electron chi connectivity index (χ4n) is 3.28. The van der Waals surface area contributed by atoms with Crippen molar-refractivity contribution >= 4 is 12.1 Å². The Kier molecular flexibility index (Phi) is 8.75. The number of nitrogens with one attached hydrogen (secondary N) is 1. The Bertz CT molecular complexity index is 895. The molecule has 33 heavy (non-hydrogen) atoms. The van der Waals surface area contributed by atoms with Gasteiger partial charge in [-0.3, -0.25) is 0 Å². The van der Waals surface area contributed by atoms with E-state index >= 15 is 0 Å². The van der Waals surface area contributed by atoms with Crippen LogP contribution in [-0.4, -0.2) is 75.8 Å². The minimum atomic E-state index is -1.75. The summed E-state index contributed by atoms with van der Waals surface area (Å²) >= 11 is 0. The third kappa shape index (κ3) is 6.98. The van der Waals surface area contributed by atoms with Gasteiger partial charge in [0, 0.05) is 6.42 Å². The number of ether oxygens (including phenoxy) is 3. The predicted octanol–water partition coefficient (Wildman–Crippen LogP) is -0.133. The summed E-state index contributed by atoms with van der Waals surface area (Å²) in [5.74, 6) is -0.832. The van der Waals surface area contributed by atoms with E-state index in [1.165, 1.54) is 0 Å². The average Bonchev–Trinajstić information content (AvgIpc) is 2.83. The summed E-state index contributed by atoms with van der Waals surface area (Å²) in [6.45, 7) is -0.507. The van der Waals surface area contributed by atoms with Crippen molar-refractivity contribution in [2.75, 3.05) is 6.61 Å². The molecule has 1 aliphatic heterocycles. The summed E-state index contributed by atoms with van der Waals surface area (Å²) in [4.78, 5) is 25.0. The number of carbonyl (C=O) groups is 2.